The largest absolute Gasteiger partial charge is 0.365 e. The highest BCUT2D eigenvalue weighted by molar-refractivity contribution is 7.98. The summed E-state index contributed by atoms with van der Waals surface area (Å²) < 4.78 is 0. The summed E-state index contributed by atoms with van der Waals surface area (Å²) in [5, 5.41) is 3.34. The maximum atomic E-state index is 11.3. The van der Waals surface area contributed by atoms with E-state index in [4.69, 9.17) is 17.3 Å². The standard InChI is InChI=1S/C13H12ClN3OS/c1-19-9-4-2-8(3-5-9)16-13-10(12(15)18)6-7-11(14)17-13/h2-7H,1H3,(H2,15,18)(H,16,17). The first-order valence-electron chi connectivity index (χ1n) is 5.47. The van der Waals surface area contributed by atoms with Crippen LogP contribution in [-0.2, 0) is 0 Å². The average Bonchev–Trinajstić information content (AvgIpc) is 2.39. The van der Waals surface area contributed by atoms with Crippen LogP contribution in [0.15, 0.2) is 41.3 Å². The van der Waals surface area contributed by atoms with Gasteiger partial charge in [-0.15, -0.1) is 11.8 Å². The van der Waals surface area contributed by atoms with E-state index in [0.29, 0.717) is 16.5 Å². The van der Waals surface area contributed by atoms with Gasteiger partial charge in [0.25, 0.3) is 5.91 Å². The van der Waals surface area contributed by atoms with Crippen molar-refractivity contribution in [1.29, 1.82) is 0 Å². The number of hydrogen-bond acceptors (Lipinski definition) is 4. The molecule has 0 unspecified atom stereocenters. The number of pyridine rings is 1. The van der Waals surface area contributed by atoms with Crippen LogP contribution in [0.25, 0.3) is 0 Å². The SMILES string of the molecule is CSc1ccc(Nc2nc(Cl)ccc2C(N)=O)cc1. The number of carbonyl (C=O) groups excluding carboxylic acids is 1. The van der Waals surface area contributed by atoms with E-state index < -0.39 is 5.91 Å². The van der Waals surface area contributed by atoms with Gasteiger partial charge in [-0.25, -0.2) is 4.98 Å². The van der Waals surface area contributed by atoms with Crippen molar-refractivity contribution >= 4 is 40.8 Å². The summed E-state index contributed by atoms with van der Waals surface area (Å²) in [6.07, 6.45) is 2.01. The fourth-order valence-electron chi connectivity index (χ4n) is 1.54. The fraction of sp³-hybridized carbons (Fsp3) is 0.0769. The molecule has 1 aromatic heterocycles. The van der Waals surface area contributed by atoms with Crippen molar-refractivity contribution < 1.29 is 4.79 Å². The molecule has 0 bridgehead atoms. The molecule has 2 aromatic rings. The van der Waals surface area contributed by atoms with Crippen molar-refractivity contribution in [3.63, 3.8) is 0 Å². The lowest BCUT2D eigenvalue weighted by atomic mass is 10.2. The highest BCUT2D eigenvalue weighted by Crippen LogP contribution is 2.23. The Labute approximate surface area is 120 Å². The Morgan fingerprint density at radius 1 is 1.26 bits per heavy atom. The maximum absolute atomic E-state index is 11.3. The Kier molecular flexibility index (Phi) is 4.29. The summed E-state index contributed by atoms with van der Waals surface area (Å²) in [6, 6.07) is 10.8. The molecule has 1 heterocycles. The van der Waals surface area contributed by atoms with E-state index in [1.807, 2.05) is 30.5 Å². The molecule has 0 radical (unpaired) electrons. The van der Waals surface area contributed by atoms with E-state index in [-0.39, 0.29) is 0 Å². The number of hydrogen-bond donors (Lipinski definition) is 2. The molecule has 98 valence electrons. The van der Waals surface area contributed by atoms with Crippen molar-refractivity contribution in [3.8, 4) is 0 Å². The zero-order chi connectivity index (χ0) is 13.8. The zero-order valence-corrected chi connectivity index (χ0v) is 11.8. The van der Waals surface area contributed by atoms with Crippen molar-refractivity contribution in [2.75, 3.05) is 11.6 Å². The molecule has 0 aliphatic heterocycles. The fourth-order valence-corrected chi connectivity index (χ4v) is 2.10. The Morgan fingerprint density at radius 2 is 1.95 bits per heavy atom. The first-order valence-corrected chi connectivity index (χ1v) is 7.08. The molecule has 0 atom stereocenters. The predicted octanol–water partition coefficient (Wildman–Crippen LogP) is 3.30. The van der Waals surface area contributed by atoms with Crippen LogP contribution >= 0.6 is 23.4 Å². The molecule has 19 heavy (non-hydrogen) atoms. The second-order valence-corrected chi connectivity index (χ2v) is 5.01. The minimum Gasteiger partial charge on any atom is -0.365 e. The minimum absolute atomic E-state index is 0.299. The third kappa shape index (κ3) is 3.39. The molecule has 0 aliphatic carbocycles. The van der Waals surface area contributed by atoms with Gasteiger partial charge in [0.15, 0.2) is 0 Å². The summed E-state index contributed by atoms with van der Waals surface area (Å²) in [4.78, 5) is 16.6. The third-order valence-corrected chi connectivity index (χ3v) is 3.43. The number of nitrogens with zero attached hydrogens (tertiary/aromatic N) is 1. The number of rotatable bonds is 4. The molecule has 0 fully saturated rings. The molecule has 0 spiro atoms. The normalized spacial score (nSPS) is 10.2. The van der Waals surface area contributed by atoms with Gasteiger partial charge < -0.3 is 11.1 Å². The van der Waals surface area contributed by atoms with Gasteiger partial charge in [0.2, 0.25) is 0 Å². The molecule has 2 rings (SSSR count). The highest BCUT2D eigenvalue weighted by atomic mass is 35.5. The van der Waals surface area contributed by atoms with Crippen molar-refractivity contribution in [2.45, 2.75) is 4.90 Å². The van der Waals surface area contributed by atoms with Crippen LogP contribution in [0.4, 0.5) is 11.5 Å². The zero-order valence-electron chi connectivity index (χ0n) is 10.2. The highest BCUT2D eigenvalue weighted by Gasteiger charge is 2.10. The van der Waals surface area contributed by atoms with Crippen LogP contribution in [0.3, 0.4) is 0 Å². The van der Waals surface area contributed by atoms with Crippen LogP contribution in [0.2, 0.25) is 5.15 Å². The number of primary amides is 1. The summed E-state index contributed by atoms with van der Waals surface area (Å²) in [5.74, 6) is -0.190. The van der Waals surface area contributed by atoms with Crippen LogP contribution in [0.1, 0.15) is 10.4 Å². The Bertz CT molecular complexity index is 601. The maximum Gasteiger partial charge on any atom is 0.252 e. The molecule has 3 N–H and O–H groups in total. The third-order valence-electron chi connectivity index (χ3n) is 2.48. The monoisotopic (exact) mass is 293 g/mol. The van der Waals surface area contributed by atoms with E-state index >= 15 is 0 Å². The number of benzene rings is 1. The average molecular weight is 294 g/mol. The Morgan fingerprint density at radius 3 is 2.53 bits per heavy atom. The lowest BCUT2D eigenvalue weighted by molar-refractivity contribution is 0.100. The quantitative estimate of drug-likeness (QED) is 0.670. The van der Waals surface area contributed by atoms with Crippen LogP contribution in [0, 0.1) is 0 Å². The lowest BCUT2D eigenvalue weighted by Gasteiger charge is -2.09. The molecule has 0 saturated carbocycles. The number of halogens is 1. The second kappa shape index (κ2) is 5.95. The molecular formula is C13H12ClN3OS. The van der Waals surface area contributed by atoms with E-state index in [1.165, 1.54) is 6.07 Å². The Hall–Kier alpha value is -1.72. The van der Waals surface area contributed by atoms with Gasteiger partial charge in [0.1, 0.15) is 11.0 Å². The summed E-state index contributed by atoms with van der Waals surface area (Å²) in [5.41, 5.74) is 6.42. The van der Waals surface area contributed by atoms with Crippen LogP contribution < -0.4 is 11.1 Å². The molecule has 0 aliphatic rings. The Balaban J connectivity index is 2.31. The molecule has 4 nitrogen and oxygen atoms in total. The first kappa shape index (κ1) is 13.7. The number of anilines is 2. The van der Waals surface area contributed by atoms with E-state index in [2.05, 4.69) is 10.3 Å². The summed E-state index contributed by atoms with van der Waals surface area (Å²) in [6.45, 7) is 0. The van der Waals surface area contributed by atoms with E-state index in [9.17, 15) is 4.79 Å². The second-order valence-electron chi connectivity index (χ2n) is 3.75. The number of aromatic nitrogens is 1. The van der Waals surface area contributed by atoms with Gasteiger partial charge in [-0.3, -0.25) is 4.79 Å². The number of nitrogens with one attached hydrogen (secondary N) is 1. The molecular weight excluding hydrogens is 282 g/mol. The van der Waals surface area contributed by atoms with Gasteiger partial charge in [-0.05, 0) is 42.7 Å². The van der Waals surface area contributed by atoms with Gasteiger partial charge >= 0.3 is 0 Å². The number of thioether (sulfide) groups is 1. The van der Waals surface area contributed by atoms with Gasteiger partial charge in [0, 0.05) is 10.6 Å². The molecule has 1 amide bonds. The van der Waals surface area contributed by atoms with Crippen LogP contribution in [-0.4, -0.2) is 17.1 Å². The smallest absolute Gasteiger partial charge is 0.252 e. The number of carbonyl (C=O) groups is 1. The summed E-state index contributed by atoms with van der Waals surface area (Å²) in [7, 11) is 0. The predicted molar refractivity (Wildman–Crippen MR) is 79.3 cm³/mol. The van der Waals surface area contributed by atoms with Crippen molar-refractivity contribution in [3.05, 3.63) is 47.1 Å². The number of nitrogens with two attached hydrogens (primary N) is 1. The molecule has 0 saturated heterocycles. The lowest BCUT2D eigenvalue weighted by Crippen LogP contribution is -2.14. The van der Waals surface area contributed by atoms with Crippen LogP contribution in [0.5, 0.6) is 0 Å². The molecule has 1 aromatic carbocycles. The van der Waals surface area contributed by atoms with Crippen molar-refractivity contribution in [1.82, 2.24) is 4.98 Å². The first-order chi connectivity index (χ1) is 9.10. The van der Waals surface area contributed by atoms with Gasteiger partial charge in [-0.1, -0.05) is 11.6 Å². The minimum atomic E-state index is -0.549. The van der Waals surface area contributed by atoms with Gasteiger partial charge in [-0.2, -0.15) is 0 Å². The van der Waals surface area contributed by atoms with E-state index in [1.54, 1.807) is 17.8 Å². The topological polar surface area (TPSA) is 68.0 Å². The molecule has 6 heteroatoms. The van der Waals surface area contributed by atoms with E-state index in [0.717, 1.165) is 10.6 Å². The summed E-state index contributed by atoms with van der Waals surface area (Å²) >= 11 is 7.48. The van der Waals surface area contributed by atoms with Gasteiger partial charge in [0.05, 0.1) is 5.56 Å². The number of amides is 1. The van der Waals surface area contributed by atoms with Crippen molar-refractivity contribution in [2.24, 2.45) is 5.73 Å².